The predicted octanol–water partition coefficient (Wildman–Crippen LogP) is 2.90. The van der Waals surface area contributed by atoms with Crippen molar-refractivity contribution in [2.24, 2.45) is 0 Å². The highest BCUT2D eigenvalue weighted by Gasteiger charge is 2.28. The Morgan fingerprint density at radius 2 is 1.95 bits per heavy atom. The van der Waals surface area contributed by atoms with E-state index in [-0.39, 0.29) is 6.04 Å². The lowest BCUT2D eigenvalue weighted by Crippen LogP contribution is -2.37. The highest BCUT2D eigenvalue weighted by molar-refractivity contribution is 9.10. The molecule has 0 heterocycles. The summed E-state index contributed by atoms with van der Waals surface area (Å²) >= 11 is 3.46. The van der Waals surface area contributed by atoms with Crippen LogP contribution in [0.2, 0.25) is 0 Å². The number of rotatable bonds is 6. The van der Waals surface area contributed by atoms with Crippen molar-refractivity contribution in [3.05, 3.63) is 27.7 Å². The molecule has 0 aliphatic rings. The maximum Gasteiger partial charge on any atom is 0.243 e. The minimum absolute atomic E-state index is 0.0591. The molecule has 0 aromatic heterocycles. The zero-order chi connectivity index (χ0) is 15.5. The summed E-state index contributed by atoms with van der Waals surface area (Å²) in [6.07, 6.45) is 0. The van der Waals surface area contributed by atoms with Gasteiger partial charge in [-0.1, -0.05) is 22.9 Å². The third kappa shape index (κ3) is 3.61. The fourth-order valence-electron chi connectivity index (χ4n) is 2.22. The third-order valence-corrected chi connectivity index (χ3v) is 6.31. The van der Waals surface area contributed by atoms with Gasteiger partial charge in [0.15, 0.2) is 0 Å². The van der Waals surface area contributed by atoms with Crippen molar-refractivity contribution >= 4 is 26.0 Å². The van der Waals surface area contributed by atoms with Gasteiger partial charge in [-0.2, -0.15) is 4.31 Å². The molecule has 0 amide bonds. The van der Waals surface area contributed by atoms with E-state index in [9.17, 15) is 8.42 Å². The van der Waals surface area contributed by atoms with Gasteiger partial charge in [0.2, 0.25) is 10.0 Å². The molecule has 0 radical (unpaired) electrons. The lowest BCUT2D eigenvalue weighted by molar-refractivity contribution is 0.369. The first-order valence-corrected chi connectivity index (χ1v) is 8.94. The molecule has 0 atom stereocenters. The van der Waals surface area contributed by atoms with Crippen molar-refractivity contribution in [2.75, 3.05) is 13.6 Å². The van der Waals surface area contributed by atoms with E-state index in [4.69, 9.17) is 0 Å². The molecule has 0 saturated carbocycles. The van der Waals surface area contributed by atoms with Gasteiger partial charge >= 0.3 is 0 Å². The van der Waals surface area contributed by atoms with Crippen LogP contribution in [0.4, 0.5) is 0 Å². The zero-order valence-electron chi connectivity index (χ0n) is 12.7. The van der Waals surface area contributed by atoms with Crippen molar-refractivity contribution < 1.29 is 8.42 Å². The topological polar surface area (TPSA) is 49.4 Å². The van der Waals surface area contributed by atoms with E-state index in [0.717, 1.165) is 15.6 Å². The molecule has 0 fully saturated rings. The summed E-state index contributed by atoms with van der Waals surface area (Å²) in [5, 5.41) is 3.05. The molecule has 0 unspecified atom stereocenters. The highest BCUT2D eigenvalue weighted by Crippen LogP contribution is 2.28. The Morgan fingerprint density at radius 3 is 2.40 bits per heavy atom. The molecule has 1 N–H and O–H groups in total. The van der Waals surface area contributed by atoms with Gasteiger partial charge in [0.25, 0.3) is 0 Å². The highest BCUT2D eigenvalue weighted by atomic mass is 79.9. The Bertz CT molecular complexity index is 571. The Balaban J connectivity index is 3.44. The van der Waals surface area contributed by atoms with E-state index in [1.165, 1.54) is 4.31 Å². The van der Waals surface area contributed by atoms with Crippen LogP contribution in [0.15, 0.2) is 21.5 Å². The van der Waals surface area contributed by atoms with Gasteiger partial charge in [-0.3, -0.25) is 0 Å². The van der Waals surface area contributed by atoms with Crippen LogP contribution < -0.4 is 5.32 Å². The first-order chi connectivity index (χ1) is 9.25. The summed E-state index contributed by atoms with van der Waals surface area (Å²) < 4.78 is 28.0. The van der Waals surface area contributed by atoms with Gasteiger partial charge in [-0.25, -0.2) is 8.42 Å². The van der Waals surface area contributed by atoms with Gasteiger partial charge in [-0.05, 0) is 51.1 Å². The summed E-state index contributed by atoms with van der Waals surface area (Å²) in [6.45, 7) is 8.57. The number of halogens is 1. The van der Waals surface area contributed by atoms with E-state index in [0.29, 0.717) is 18.0 Å². The summed E-state index contributed by atoms with van der Waals surface area (Å²) in [6, 6.07) is 3.66. The second-order valence-corrected chi connectivity index (χ2v) is 7.75. The number of nitrogens with one attached hydrogen (secondary N) is 1. The van der Waals surface area contributed by atoms with Gasteiger partial charge in [-0.15, -0.1) is 0 Å². The second kappa shape index (κ2) is 7.02. The molecule has 6 heteroatoms. The van der Waals surface area contributed by atoms with Crippen LogP contribution in [0.25, 0.3) is 0 Å². The van der Waals surface area contributed by atoms with Crippen molar-refractivity contribution in [1.82, 2.24) is 9.62 Å². The molecule has 1 rings (SSSR count). The lowest BCUT2D eigenvalue weighted by Gasteiger charge is -2.25. The van der Waals surface area contributed by atoms with Crippen LogP contribution in [-0.2, 0) is 16.6 Å². The maximum absolute atomic E-state index is 12.8. The first-order valence-electron chi connectivity index (χ1n) is 6.71. The van der Waals surface area contributed by atoms with Crippen molar-refractivity contribution in [3.63, 3.8) is 0 Å². The van der Waals surface area contributed by atoms with Crippen LogP contribution in [0.3, 0.4) is 0 Å². The number of benzene rings is 1. The largest absolute Gasteiger partial charge is 0.316 e. The van der Waals surface area contributed by atoms with Crippen LogP contribution in [-0.4, -0.2) is 32.4 Å². The standard InChI is InChI=1S/C14H23BrN2O2S/c1-6-17(10(2)3)20(18,19)14-8-12(9-16-5)7-13(15)11(14)4/h7-8,10,16H,6,9H2,1-5H3. The zero-order valence-corrected chi connectivity index (χ0v) is 15.1. The predicted molar refractivity (Wildman–Crippen MR) is 86.3 cm³/mol. The molecule has 1 aromatic rings. The molecule has 1 aromatic carbocycles. The third-order valence-electron chi connectivity index (χ3n) is 3.21. The fourth-order valence-corrected chi connectivity index (χ4v) is 4.80. The van der Waals surface area contributed by atoms with E-state index in [1.807, 2.05) is 40.8 Å². The summed E-state index contributed by atoms with van der Waals surface area (Å²) in [5.74, 6) is 0. The number of hydrogen-bond acceptors (Lipinski definition) is 3. The fraction of sp³-hybridized carbons (Fsp3) is 0.571. The molecule has 0 bridgehead atoms. The number of sulfonamides is 1. The average molecular weight is 363 g/mol. The van der Waals surface area contributed by atoms with E-state index < -0.39 is 10.0 Å². The minimum atomic E-state index is -3.47. The Morgan fingerprint density at radius 1 is 1.35 bits per heavy atom. The monoisotopic (exact) mass is 362 g/mol. The molecule has 0 spiro atoms. The molecular formula is C14H23BrN2O2S. The SMILES string of the molecule is CCN(C(C)C)S(=O)(=O)c1cc(CNC)cc(Br)c1C. The van der Waals surface area contributed by atoms with Gasteiger partial charge < -0.3 is 5.32 Å². The van der Waals surface area contributed by atoms with Crippen LogP contribution in [0.1, 0.15) is 31.9 Å². The second-order valence-electron chi connectivity index (χ2n) is 5.03. The van der Waals surface area contributed by atoms with Crippen LogP contribution in [0.5, 0.6) is 0 Å². The average Bonchev–Trinajstić information content (AvgIpc) is 2.33. The van der Waals surface area contributed by atoms with Crippen LogP contribution in [0, 0.1) is 6.92 Å². The summed E-state index contributed by atoms with van der Waals surface area (Å²) in [7, 11) is -1.63. The Hall–Kier alpha value is -0.430. The van der Waals surface area contributed by atoms with E-state index in [1.54, 1.807) is 6.07 Å². The number of hydrogen-bond donors (Lipinski definition) is 1. The molecule has 0 aliphatic heterocycles. The molecule has 0 aliphatic carbocycles. The van der Waals surface area contributed by atoms with Crippen LogP contribution >= 0.6 is 15.9 Å². The van der Waals surface area contributed by atoms with Gasteiger partial charge in [0.1, 0.15) is 0 Å². The summed E-state index contributed by atoms with van der Waals surface area (Å²) in [5.41, 5.74) is 1.70. The smallest absolute Gasteiger partial charge is 0.243 e. The Kier molecular flexibility index (Phi) is 6.19. The van der Waals surface area contributed by atoms with E-state index >= 15 is 0 Å². The van der Waals surface area contributed by atoms with Crippen molar-refractivity contribution in [1.29, 1.82) is 0 Å². The summed E-state index contributed by atoms with van der Waals surface area (Å²) in [4.78, 5) is 0.382. The van der Waals surface area contributed by atoms with E-state index in [2.05, 4.69) is 21.2 Å². The normalized spacial score (nSPS) is 12.4. The molecule has 0 saturated heterocycles. The quantitative estimate of drug-likeness (QED) is 0.846. The number of nitrogens with zero attached hydrogens (tertiary/aromatic N) is 1. The molecule has 114 valence electrons. The molecule has 4 nitrogen and oxygen atoms in total. The molecular weight excluding hydrogens is 340 g/mol. The van der Waals surface area contributed by atoms with Crippen molar-refractivity contribution in [2.45, 2.75) is 45.2 Å². The minimum Gasteiger partial charge on any atom is -0.316 e. The maximum atomic E-state index is 12.8. The van der Waals surface area contributed by atoms with Crippen molar-refractivity contribution in [3.8, 4) is 0 Å². The first kappa shape index (κ1) is 17.6. The Labute approximate surface area is 130 Å². The lowest BCUT2D eigenvalue weighted by atomic mass is 10.1. The molecule has 20 heavy (non-hydrogen) atoms. The van der Waals surface area contributed by atoms with Gasteiger partial charge in [0.05, 0.1) is 4.90 Å². The van der Waals surface area contributed by atoms with Gasteiger partial charge in [0, 0.05) is 23.6 Å².